The molecule has 4 aromatic carbocycles. The van der Waals surface area contributed by atoms with Crippen LogP contribution >= 0.6 is 0 Å². The second kappa shape index (κ2) is 11.4. The molecule has 3 heteroatoms. The van der Waals surface area contributed by atoms with Crippen LogP contribution in [0, 0.1) is 13.8 Å². The van der Waals surface area contributed by atoms with Crippen LogP contribution in [0.4, 0.5) is 0 Å². The zero-order valence-corrected chi connectivity index (χ0v) is 24.4. The van der Waals surface area contributed by atoms with E-state index in [1.165, 1.54) is 50.1 Å². The fourth-order valence-electron chi connectivity index (χ4n) is 5.47. The molecule has 0 radical (unpaired) electrons. The molecule has 0 heterocycles. The maximum absolute atomic E-state index is 2.47. The average Bonchev–Trinajstić information content (AvgIpc) is 3.53. The fourth-order valence-corrected chi connectivity index (χ4v) is 9.91. The van der Waals surface area contributed by atoms with E-state index in [1.807, 2.05) is 0 Å². The van der Waals surface area contributed by atoms with Crippen molar-refractivity contribution < 1.29 is 47.6 Å². The first-order valence-corrected chi connectivity index (χ1v) is 14.7. The van der Waals surface area contributed by atoms with Crippen molar-refractivity contribution in [1.82, 2.24) is 0 Å². The number of halogens is 2. The topological polar surface area (TPSA) is 0 Å². The van der Waals surface area contributed by atoms with E-state index in [9.17, 15) is 0 Å². The molecular formula is C33H27Cl2Zr. The van der Waals surface area contributed by atoms with Gasteiger partial charge in [0.2, 0.25) is 0 Å². The van der Waals surface area contributed by atoms with Crippen LogP contribution in [-0.4, -0.2) is 3.21 Å². The molecule has 177 valence electrons. The molecule has 0 N–H and O–H groups in total. The van der Waals surface area contributed by atoms with E-state index in [-0.39, 0.29) is 24.8 Å². The van der Waals surface area contributed by atoms with Gasteiger partial charge in [-0.25, -0.2) is 0 Å². The van der Waals surface area contributed by atoms with Crippen LogP contribution in [0.25, 0.3) is 16.7 Å². The van der Waals surface area contributed by atoms with Crippen LogP contribution in [0.1, 0.15) is 49.0 Å². The van der Waals surface area contributed by atoms with Gasteiger partial charge in [-0.05, 0) is 0 Å². The number of rotatable bonds is 4. The summed E-state index contributed by atoms with van der Waals surface area (Å²) in [6, 6.07) is 33.9. The predicted molar refractivity (Wildman–Crippen MR) is 141 cm³/mol. The van der Waals surface area contributed by atoms with Crippen LogP contribution in [0.15, 0.2) is 109 Å². The van der Waals surface area contributed by atoms with Gasteiger partial charge in [-0.3, -0.25) is 0 Å². The van der Waals surface area contributed by atoms with Crippen LogP contribution in [0.2, 0.25) is 0 Å². The summed E-state index contributed by atoms with van der Waals surface area (Å²) in [7, 11) is 0. The molecule has 0 bridgehead atoms. The van der Waals surface area contributed by atoms with E-state index in [0.717, 1.165) is 6.42 Å². The SMILES string of the molecule is Cc1cc(C2=CC=CC2)c2c(c1C)-c1ccccc1[CH]2[Zr+2]=[C](c1ccccc1)c1ccccc1.[Cl-].[Cl-]. The third-order valence-corrected chi connectivity index (χ3v) is 11.6. The summed E-state index contributed by atoms with van der Waals surface area (Å²) in [5, 5.41) is 0. The Bertz CT molecular complexity index is 1440. The van der Waals surface area contributed by atoms with E-state index >= 15 is 0 Å². The Balaban J connectivity index is 0.00000152. The standard InChI is InChI=1S/C20H17.C13H10.2ClH.Zr/c1-13-11-18(15-7-3-4-8-15)19-12-16-9-5-6-10-17(16)20(19)14(13)2;1-3-7-12(8-4-1)11-13-9-5-2-6-10-13;;;/h3-7,9-12H,8H2,1-2H3;1-10H;2*1H;/q;;;;+2/p-2. The molecule has 0 aliphatic heterocycles. The second-order valence-electron chi connectivity index (χ2n) is 9.25. The maximum atomic E-state index is 2.47. The summed E-state index contributed by atoms with van der Waals surface area (Å²) < 4.78 is 2.08. The summed E-state index contributed by atoms with van der Waals surface area (Å²) in [6.45, 7) is 4.60. The van der Waals surface area contributed by atoms with Crippen molar-refractivity contribution in [2.24, 2.45) is 0 Å². The van der Waals surface area contributed by atoms with E-state index in [1.54, 1.807) is 8.77 Å². The zero-order chi connectivity index (χ0) is 23.1. The minimum atomic E-state index is -1.10. The van der Waals surface area contributed by atoms with E-state index in [4.69, 9.17) is 0 Å². The molecule has 0 nitrogen and oxygen atoms in total. The molecule has 0 spiro atoms. The summed E-state index contributed by atoms with van der Waals surface area (Å²) in [6.07, 6.45) is 7.88. The van der Waals surface area contributed by atoms with Gasteiger partial charge in [0.25, 0.3) is 0 Å². The Hall–Kier alpha value is -2.31. The Morgan fingerprint density at radius 1 is 0.750 bits per heavy atom. The predicted octanol–water partition coefficient (Wildman–Crippen LogP) is 2.08. The number of benzene rings is 4. The molecule has 2 aliphatic rings. The molecule has 0 saturated heterocycles. The fraction of sp³-hybridized carbons (Fsp3) is 0.121. The van der Waals surface area contributed by atoms with E-state index in [0.29, 0.717) is 3.63 Å². The Morgan fingerprint density at radius 2 is 1.36 bits per heavy atom. The minimum Gasteiger partial charge on any atom is -1.00 e. The molecule has 0 aromatic heterocycles. The van der Waals surface area contributed by atoms with Crippen LogP contribution in [0.5, 0.6) is 0 Å². The van der Waals surface area contributed by atoms with Crippen LogP contribution < -0.4 is 24.8 Å². The quantitative estimate of drug-likeness (QED) is 0.344. The largest absolute Gasteiger partial charge is 1.00 e. The normalized spacial score (nSPS) is 14.6. The van der Waals surface area contributed by atoms with Crippen molar-refractivity contribution >= 4 is 8.78 Å². The van der Waals surface area contributed by atoms with E-state index in [2.05, 4.69) is 123 Å². The van der Waals surface area contributed by atoms with Gasteiger partial charge in [0.1, 0.15) is 0 Å². The van der Waals surface area contributed by atoms with Gasteiger partial charge in [-0.2, -0.15) is 0 Å². The Kier molecular flexibility index (Phi) is 8.46. The van der Waals surface area contributed by atoms with Gasteiger partial charge in [0.05, 0.1) is 0 Å². The van der Waals surface area contributed by atoms with E-state index < -0.39 is 22.8 Å². The Labute approximate surface area is 238 Å². The molecule has 0 saturated carbocycles. The summed E-state index contributed by atoms with van der Waals surface area (Å²) in [5.74, 6) is 0. The molecule has 36 heavy (non-hydrogen) atoms. The first kappa shape index (κ1) is 26.7. The Morgan fingerprint density at radius 3 is 1.97 bits per heavy atom. The van der Waals surface area contributed by atoms with Gasteiger partial charge < -0.3 is 24.8 Å². The van der Waals surface area contributed by atoms with Crippen LogP contribution in [-0.2, 0) is 22.8 Å². The molecule has 0 fully saturated rings. The minimum absolute atomic E-state index is 0. The summed E-state index contributed by atoms with van der Waals surface area (Å²) in [4.78, 5) is 0. The molecule has 6 rings (SSSR count). The molecule has 2 aliphatic carbocycles. The molecule has 1 unspecified atom stereocenters. The first-order chi connectivity index (χ1) is 16.7. The second-order valence-corrected chi connectivity index (χ2v) is 12.6. The maximum Gasteiger partial charge on any atom is -1.00 e. The van der Waals surface area contributed by atoms with Gasteiger partial charge in [0, 0.05) is 0 Å². The molecule has 1 atom stereocenters. The van der Waals surface area contributed by atoms with Gasteiger partial charge in [-0.15, -0.1) is 0 Å². The van der Waals surface area contributed by atoms with Crippen molar-refractivity contribution in [3.63, 3.8) is 0 Å². The smallest absolute Gasteiger partial charge is 1.00 e. The number of fused-ring (bicyclic) bond motifs is 3. The van der Waals surface area contributed by atoms with Crippen molar-refractivity contribution in [3.8, 4) is 11.1 Å². The summed E-state index contributed by atoms with van der Waals surface area (Å²) >= 11 is -1.10. The number of allylic oxidation sites excluding steroid dienone is 4. The summed E-state index contributed by atoms with van der Waals surface area (Å²) in [5.41, 5.74) is 14.7. The van der Waals surface area contributed by atoms with Crippen molar-refractivity contribution in [1.29, 1.82) is 0 Å². The molecule has 0 amide bonds. The zero-order valence-electron chi connectivity index (χ0n) is 20.4. The number of aryl methyl sites for hydroxylation is 1. The van der Waals surface area contributed by atoms with Crippen molar-refractivity contribution in [3.05, 3.63) is 148 Å². The third kappa shape index (κ3) is 4.70. The van der Waals surface area contributed by atoms with Gasteiger partial charge in [0.15, 0.2) is 0 Å². The van der Waals surface area contributed by atoms with Gasteiger partial charge in [-0.1, -0.05) is 0 Å². The first-order valence-electron chi connectivity index (χ1n) is 12.1. The van der Waals surface area contributed by atoms with Crippen molar-refractivity contribution in [2.45, 2.75) is 23.9 Å². The van der Waals surface area contributed by atoms with Crippen molar-refractivity contribution in [2.75, 3.05) is 0 Å². The molecular weight excluding hydrogens is 558 g/mol. The number of hydrogen-bond acceptors (Lipinski definition) is 0. The number of hydrogen-bond donors (Lipinski definition) is 0. The van der Waals surface area contributed by atoms with Gasteiger partial charge >= 0.3 is 215 Å². The average molecular weight is 586 g/mol. The molecule has 4 aromatic rings. The van der Waals surface area contributed by atoms with Crippen LogP contribution in [0.3, 0.4) is 0 Å². The monoisotopic (exact) mass is 583 g/mol. The third-order valence-electron chi connectivity index (χ3n) is 7.25.